The Morgan fingerprint density at radius 1 is 1.48 bits per heavy atom. The molecule has 1 aromatic carbocycles. The Morgan fingerprint density at radius 2 is 2.19 bits per heavy atom. The van der Waals surface area contributed by atoms with Gasteiger partial charge in [0.2, 0.25) is 10.0 Å². The van der Waals surface area contributed by atoms with Gasteiger partial charge in [0.1, 0.15) is 10.7 Å². The third-order valence-corrected chi connectivity index (χ3v) is 5.59. The number of hydrogen-bond donors (Lipinski definition) is 1. The second-order valence-corrected chi connectivity index (χ2v) is 7.15. The third-order valence-electron chi connectivity index (χ3n) is 3.65. The molecule has 1 heterocycles. The van der Waals surface area contributed by atoms with Crippen LogP contribution in [0.3, 0.4) is 0 Å². The van der Waals surface area contributed by atoms with E-state index in [0.29, 0.717) is 6.61 Å². The number of halogens is 1. The zero-order valence-corrected chi connectivity index (χ0v) is 13.1. The average molecular weight is 316 g/mol. The number of nitrogens with zero attached hydrogens (tertiary/aromatic N) is 1. The van der Waals surface area contributed by atoms with Gasteiger partial charge in [-0.3, -0.25) is 0 Å². The average Bonchev–Trinajstić information content (AvgIpc) is 2.92. The number of aryl methyl sites for hydroxylation is 1. The van der Waals surface area contributed by atoms with Crippen LogP contribution in [0.5, 0.6) is 0 Å². The second-order valence-electron chi connectivity index (χ2n) is 5.24. The van der Waals surface area contributed by atoms with Gasteiger partial charge < -0.3 is 10.5 Å². The maximum atomic E-state index is 14.2. The van der Waals surface area contributed by atoms with Crippen LogP contribution in [0.2, 0.25) is 0 Å². The zero-order valence-electron chi connectivity index (χ0n) is 12.3. The predicted molar refractivity (Wildman–Crippen MR) is 79.0 cm³/mol. The van der Waals surface area contributed by atoms with E-state index in [2.05, 4.69) is 0 Å². The van der Waals surface area contributed by atoms with Crippen LogP contribution in [0.15, 0.2) is 17.0 Å². The van der Waals surface area contributed by atoms with Crippen molar-refractivity contribution in [3.05, 3.63) is 23.5 Å². The molecule has 0 amide bonds. The monoisotopic (exact) mass is 316 g/mol. The van der Waals surface area contributed by atoms with E-state index in [1.54, 1.807) is 6.92 Å². The summed E-state index contributed by atoms with van der Waals surface area (Å²) >= 11 is 0. The van der Waals surface area contributed by atoms with Crippen molar-refractivity contribution in [1.29, 1.82) is 0 Å². The first-order valence-corrected chi connectivity index (χ1v) is 8.47. The fourth-order valence-corrected chi connectivity index (χ4v) is 4.16. The largest absolute Gasteiger partial charge is 0.399 e. The number of ether oxygens (including phenoxy) is 1. The van der Waals surface area contributed by atoms with Crippen molar-refractivity contribution in [3.63, 3.8) is 0 Å². The summed E-state index contributed by atoms with van der Waals surface area (Å²) in [6, 6.07) is 2.60. The minimum Gasteiger partial charge on any atom is -0.399 e. The van der Waals surface area contributed by atoms with Crippen LogP contribution in [0.25, 0.3) is 0 Å². The molecule has 1 aliphatic rings. The molecule has 0 bridgehead atoms. The number of anilines is 1. The Labute approximate surface area is 124 Å². The minimum atomic E-state index is -3.92. The smallest absolute Gasteiger partial charge is 0.246 e. The highest BCUT2D eigenvalue weighted by Gasteiger charge is 2.30. The van der Waals surface area contributed by atoms with E-state index >= 15 is 0 Å². The summed E-state index contributed by atoms with van der Waals surface area (Å²) in [5.74, 6) is -0.741. The van der Waals surface area contributed by atoms with Crippen LogP contribution < -0.4 is 5.73 Å². The van der Waals surface area contributed by atoms with Gasteiger partial charge in [-0.15, -0.1) is 0 Å². The maximum Gasteiger partial charge on any atom is 0.246 e. The molecule has 5 nitrogen and oxygen atoms in total. The summed E-state index contributed by atoms with van der Waals surface area (Å²) in [5.41, 5.74) is 6.12. The van der Waals surface area contributed by atoms with Gasteiger partial charge in [-0.1, -0.05) is 6.92 Å². The number of benzene rings is 1. The number of nitrogens with two attached hydrogens (primary N) is 1. The lowest BCUT2D eigenvalue weighted by molar-refractivity contribution is 0.0946. The molecule has 2 rings (SSSR count). The number of sulfonamides is 1. The van der Waals surface area contributed by atoms with E-state index in [-0.39, 0.29) is 35.3 Å². The highest BCUT2D eigenvalue weighted by atomic mass is 32.2. The number of nitrogen functional groups attached to an aromatic ring is 1. The van der Waals surface area contributed by atoms with Gasteiger partial charge in [0.25, 0.3) is 0 Å². The molecule has 0 saturated carbocycles. The summed E-state index contributed by atoms with van der Waals surface area (Å²) in [6.07, 6.45) is 1.63. The fraction of sp³-hybridized carbons (Fsp3) is 0.571. The van der Waals surface area contributed by atoms with Crippen LogP contribution in [0.1, 0.15) is 25.3 Å². The van der Waals surface area contributed by atoms with Crippen molar-refractivity contribution in [2.75, 3.05) is 25.4 Å². The molecular formula is C14H21FN2O3S. The van der Waals surface area contributed by atoms with E-state index in [0.717, 1.165) is 12.8 Å². The molecule has 0 spiro atoms. The Hall–Kier alpha value is -1.18. The first kappa shape index (κ1) is 16.2. The van der Waals surface area contributed by atoms with Crippen LogP contribution in [-0.4, -0.2) is 38.5 Å². The van der Waals surface area contributed by atoms with Gasteiger partial charge in [-0.05, 0) is 37.5 Å². The van der Waals surface area contributed by atoms with E-state index in [9.17, 15) is 12.8 Å². The van der Waals surface area contributed by atoms with Crippen molar-refractivity contribution in [3.8, 4) is 0 Å². The molecule has 2 N–H and O–H groups in total. The molecule has 1 atom stereocenters. The Balaban J connectivity index is 2.34. The first-order valence-electron chi connectivity index (χ1n) is 7.03. The van der Waals surface area contributed by atoms with Crippen molar-refractivity contribution >= 4 is 15.7 Å². The number of hydrogen-bond acceptors (Lipinski definition) is 4. The molecular weight excluding hydrogens is 295 g/mol. The van der Waals surface area contributed by atoms with Gasteiger partial charge in [-0.25, -0.2) is 12.8 Å². The molecule has 1 fully saturated rings. The van der Waals surface area contributed by atoms with Crippen molar-refractivity contribution in [1.82, 2.24) is 4.31 Å². The summed E-state index contributed by atoms with van der Waals surface area (Å²) in [6.45, 7) is 4.38. The Bertz CT molecular complexity index is 613. The van der Waals surface area contributed by atoms with Gasteiger partial charge in [0.05, 0.1) is 6.10 Å². The van der Waals surface area contributed by atoms with Crippen LogP contribution >= 0.6 is 0 Å². The summed E-state index contributed by atoms with van der Waals surface area (Å²) < 4.78 is 46.2. The SMILES string of the molecule is CCN(CC1CCCO1)S(=O)(=O)c1cc(N)cc(C)c1F. The topological polar surface area (TPSA) is 72.6 Å². The molecule has 0 aliphatic carbocycles. The second kappa shape index (κ2) is 6.29. The fourth-order valence-electron chi connectivity index (χ4n) is 2.50. The molecule has 1 aromatic rings. The highest BCUT2D eigenvalue weighted by Crippen LogP contribution is 2.26. The summed E-state index contributed by atoms with van der Waals surface area (Å²) in [7, 11) is -3.92. The minimum absolute atomic E-state index is 0.120. The van der Waals surface area contributed by atoms with Gasteiger partial charge >= 0.3 is 0 Å². The van der Waals surface area contributed by atoms with Crippen molar-refractivity contribution in [2.24, 2.45) is 0 Å². The van der Waals surface area contributed by atoms with E-state index < -0.39 is 15.8 Å². The predicted octanol–water partition coefficient (Wildman–Crippen LogP) is 1.91. The quantitative estimate of drug-likeness (QED) is 0.842. The molecule has 0 aromatic heterocycles. The molecule has 21 heavy (non-hydrogen) atoms. The summed E-state index contributed by atoms with van der Waals surface area (Å²) in [4.78, 5) is -0.361. The zero-order chi connectivity index (χ0) is 15.6. The molecule has 0 radical (unpaired) electrons. The summed E-state index contributed by atoms with van der Waals surface area (Å²) in [5, 5.41) is 0. The molecule has 1 saturated heterocycles. The van der Waals surface area contributed by atoms with Gasteiger partial charge in [-0.2, -0.15) is 4.31 Å². The van der Waals surface area contributed by atoms with E-state index in [1.807, 2.05) is 0 Å². The normalized spacial score (nSPS) is 19.3. The van der Waals surface area contributed by atoms with Crippen molar-refractivity contribution < 1.29 is 17.5 Å². The van der Waals surface area contributed by atoms with Crippen molar-refractivity contribution in [2.45, 2.75) is 37.7 Å². The Kier molecular flexibility index (Phi) is 4.85. The van der Waals surface area contributed by atoms with Gasteiger partial charge in [0.15, 0.2) is 0 Å². The molecule has 1 unspecified atom stereocenters. The van der Waals surface area contributed by atoms with E-state index in [4.69, 9.17) is 10.5 Å². The third kappa shape index (κ3) is 3.36. The maximum absolute atomic E-state index is 14.2. The van der Waals surface area contributed by atoms with Crippen LogP contribution in [-0.2, 0) is 14.8 Å². The number of rotatable bonds is 5. The highest BCUT2D eigenvalue weighted by molar-refractivity contribution is 7.89. The lowest BCUT2D eigenvalue weighted by Gasteiger charge is -2.24. The molecule has 7 heteroatoms. The lowest BCUT2D eigenvalue weighted by atomic mass is 10.2. The molecule has 118 valence electrons. The standard InChI is InChI=1S/C14H21FN2O3S/c1-3-17(9-12-5-4-6-20-12)21(18,19)13-8-11(16)7-10(2)14(13)15/h7-8,12H,3-6,9,16H2,1-2H3. The first-order chi connectivity index (χ1) is 9.86. The Morgan fingerprint density at radius 3 is 2.76 bits per heavy atom. The van der Waals surface area contributed by atoms with Gasteiger partial charge in [0, 0.05) is 25.4 Å². The number of likely N-dealkylation sites (N-methyl/N-ethyl adjacent to an activating group) is 1. The van der Waals surface area contributed by atoms with Crippen LogP contribution in [0.4, 0.5) is 10.1 Å². The molecule has 1 aliphatic heterocycles. The van der Waals surface area contributed by atoms with Crippen LogP contribution in [0, 0.1) is 12.7 Å². The van der Waals surface area contributed by atoms with E-state index in [1.165, 1.54) is 23.4 Å². The lowest BCUT2D eigenvalue weighted by Crippen LogP contribution is -2.37.